The molecule has 0 saturated heterocycles. The molecular formula is C15H15ClN2O2S. The van der Waals surface area contributed by atoms with E-state index in [0.29, 0.717) is 22.6 Å². The van der Waals surface area contributed by atoms with Gasteiger partial charge in [-0.05, 0) is 38.4 Å². The minimum absolute atomic E-state index is 0.231. The van der Waals surface area contributed by atoms with Gasteiger partial charge in [-0.3, -0.25) is 0 Å². The van der Waals surface area contributed by atoms with E-state index < -0.39 is 0 Å². The molecule has 1 aliphatic carbocycles. The van der Waals surface area contributed by atoms with E-state index in [-0.39, 0.29) is 6.79 Å². The number of aromatic nitrogens is 1. The first-order valence-electron chi connectivity index (χ1n) is 7.02. The molecule has 2 aliphatic rings. The van der Waals surface area contributed by atoms with Gasteiger partial charge in [-0.2, -0.15) is 0 Å². The number of hydrogen-bond acceptors (Lipinski definition) is 5. The highest BCUT2D eigenvalue weighted by Gasteiger charge is 2.25. The smallest absolute Gasteiger partial charge is 0.231 e. The van der Waals surface area contributed by atoms with Gasteiger partial charge in [0.1, 0.15) is 5.01 Å². The Kier molecular flexibility index (Phi) is 3.28. The fourth-order valence-electron chi connectivity index (χ4n) is 2.91. The topological polar surface area (TPSA) is 43.4 Å². The van der Waals surface area contributed by atoms with E-state index in [4.69, 9.17) is 26.1 Å². The van der Waals surface area contributed by atoms with Gasteiger partial charge in [-0.1, -0.05) is 11.6 Å². The van der Waals surface area contributed by atoms with Gasteiger partial charge < -0.3 is 14.8 Å². The minimum Gasteiger partial charge on any atom is -0.454 e. The van der Waals surface area contributed by atoms with Crippen molar-refractivity contribution in [2.45, 2.75) is 25.3 Å². The highest BCUT2D eigenvalue weighted by atomic mass is 35.5. The molecule has 1 aliphatic heterocycles. The second-order valence-corrected chi connectivity index (χ2v) is 6.69. The molecule has 1 aromatic heterocycles. The Bertz CT molecular complexity index is 701. The van der Waals surface area contributed by atoms with E-state index in [2.05, 4.69) is 5.32 Å². The number of aryl methyl sites for hydroxylation is 1. The van der Waals surface area contributed by atoms with Crippen LogP contribution in [0, 0.1) is 0 Å². The summed E-state index contributed by atoms with van der Waals surface area (Å²) < 4.78 is 10.8. The van der Waals surface area contributed by atoms with Gasteiger partial charge in [-0.15, -0.1) is 11.3 Å². The fourth-order valence-corrected chi connectivity index (χ4v) is 4.42. The number of hydrogen-bond donors (Lipinski definition) is 1. The van der Waals surface area contributed by atoms with Crippen molar-refractivity contribution in [3.05, 3.63) is 27.7 Å². The third-order valence-corrected chi connectivity index (χ3v) is 5.51. The van der Waals surface area contributed by atoms with Gasteiger partial charge in [0.15, 0.2) is 11.5 Å². The van der Waals surface area contributed by atoms with E-state index in [1.54, 1.807) is 11.3 Å². The first-order chi connectivity index (χ1) is 10.3. The first-order valence-corrected chi connectivity index (χ1v) is 8.22. The average Bonchev–Trinajstić information content (AvgIpc) is 3.12. The Morgan fingerprint density at radius 2 is 2.29 bits per heavy atom. The Balaban J connectivity index is 1.78. The summed E-state index contributed by atoms with van der Waals surface area (Å²) in [4.78, 5) is 6.16. The van der Waals surface area contributed by atoms with Gasteiger partial charge in [0.05, 0.1) is 10.7 Å². The van der Waals surface area contributed by atoms with E-state index in [1.165, 1.54) is 23.4 Å². The summed E-state index contributed by atoms with van der Waals surface area (Å²) in [5, 5.41) is 4.96. The van der Waals surface area contributed by atoms with Crippen molar-refractivity contribution in [1.82, 2.24) is 10.3 Å². The monoisotopic (exact) mass is 322 g/mol. The fraction of sp³-hybridized carbons (Fsp3) is 0.400. The van der Waals surface area contributed by atoms with Crippen LogP contribution in [-0.4, -0.2) is 18.8 Å². The summed E-state index contributed by atoms with van der Waals surface area (Å²) in [6, 6.07) is 4.30. The molecule has 0 bridgehead atoms. The van der Waals surface area contributed by atoms with E-state index in [0.717, 1.165) is 17.0 Å². The molecular weight excluding hydrogens is 308 g/mol. The molecule has 0 radical (unpaired) electrons. The summed E-state index contributed by atoms with van der Waals surface area (Å²) >= 11 is 8.01. The van der Waals surface area contributed by atoms with Crippen molar-refractivity contribution in [2.24, 2.45) is 0 Å². The number of nitrogens with zero attached hydrogens (tertiary/aromatic N) is 1. The lowest BCUT2D eigenvalue weighted by Crippen LogP contribution is -2.19. The second kappa shape index (κ2) is 5.16. The van der Waals surface area contributed by atoms with Crippen LogP contribution in [0.2, 0.25) is 5.02 Å². The van der Waals surface area contributed by atoms with Crippen molar-refractivity contribution in [2.75, 3.05) is 13.8 Å². The number of nitrogens with one attached hydrogen (secondary N) is 1. The molecule has 0 spiro atoms. The standard InChI is InChI=1S/C15H15ClN2O2S/c1-17-10-3-2-4-11-14(10)21-15(18-11)8-5-9(16)13-12(6-8)19-7-20-13/h5-6,10,17H,2-4,7H2,1H3. The molecule has 0 saturated carbocycles. The zero-order valence-electron chi connectivity index (χ0n) is 11.6. The number of rotatable bonds is 2. The lowest BCUT2D eigenvalue weighted by Gasteiger charge is -2.19. The lowest BCUT2D eigenvalue weighted by atomic mass is 9.98. The molecule has 21 heavy (non-hydrogen) atoms. The SMILES string of the molecule is CNC1CCCc2nc(-c3cc(Cl)c4c(c3)OCO4)sc21. The Morgan fingerprint density at radius 1 is 1.38 bits per heavy atom. The Hall–Kier alpha value is -1.30. The minimum atomic E-state index is 0.231. The Morgan fingerprint density at radius 3 is 3.14 bits per heavy atom. The van der Waals surface area contributed by atoms with Gasteiger partial charge in [-0.25, -0.2) is 4.98 Å². The normalized spacial score (nSPS) is 19.6. The molecule has 1 N–H and O–H groups in total. The van der Waals surface area contributed by atoms with Gasteiger partial charge in [0, 0.05) is 16.5 Å². The van der Waals surface area contributed by atoms with Crippen LogP contribution in [0.15, 0.2) is 12.1 Å². The summed E-state index contributed by atoms with van der Waals surface area (Å²) in [5.41, 5.74) is 2.22. The molecule has 4 nitrogen and oxygen atoms in total. The largest absolute Gasteiger partial charge is 0.454 e. The summed E-state index contributed by atoms with van der Waals surface area (Å²) in [6.45, 7) is 0.231. The summed E-state index contributed by atoms with van der Waals surface area (Å²) in [7, 11) is 2.01. The Labute approximate surface area is 132 Å². The predicted octanol–water partition coefficient (Wildman–Crippen LogP) is 3.79. The summed E-state index contributed by atoms with van der Waals surface area (Å²) in [5.74, 6) is 1.34. The molecule has 2 aromatic rings. The molecule has 0 fully saturated rings. The number of fused-ring (bicyclic) bond motifs is 2. The molecule has 110 valence electrons. The van der Waals surface area contributed by atoms with Crippen LogP contribution in [0.3, 0.4) is 0 Å². The zero-order valence-corrected chi connectivity index (χ0v) is 13.2. The number of ether oxygens (including phenoxy) is 2. The quantitative estimate of drug-likeness (QED) is 0.913. The van der Waals surface area contributed by atoms with Crippen molar-refractivity contribution in [1.29, 1.82) is 0 Å². The second-order valence-electron chi connectivity index (χ2n) is 5.26. The maximum absolute atomic E-state index is 6.27. The van der Waals surface area contributed by atoms with Crippen LogP contribution in [0.4, 0.5) is 0 Å². The molecule has 1 atom stereocenters. The maximum atomic E-state index is 6.27. The highest BCUT2D eigenvalue weighted by molar-refractivity contribution is 7.15. The number of thiazole rings is 1. The van der Waals surface area contributed by atoms with Crippen LogP contribution in [-0.2, 0) is 6.42 Å². The van der Waals surface area contributed by atoms with Crippen molar-refractivity contribution < 1.29 is 9.47 Å². The lowest BCUT2D eigenvalue weighted by molar-refractivity contribution is 0.174. The van der Waals surface area contributed by atoms with E-state index >= 15 is 0 Å². The molecule has 1 unspecified atom stereocenters. The maximum Gasteiger partial charge on any atom is 0.231 e. The van der Waals surface area contributed by atoms with E-state index in [1.807, 2.05) is 19.2 Å². The van der Waals surface area contributed by atoms with Crippen molar-refractivity contribution in [3.8, 4) is 22.1 Å². The van der Waals surface area contributed by atoms with Crippen LogP contribution in [0.1, 0.15) is 29.5 Å². The van der Waals surface area contributed by atoms with Crippen LogP contribution >= 0.6 is 22.9 Å². The zero-order chi connectivity index (χ0) is 14.4. The summed E-state index contributed by atoms with van der Waals surface area (Å²) in [6.07, 6.45) is 3.42. The number of halogens is 1. The van der Waals surface area contributed by atoms with Gasteiger partial charge >= 0.3 is 0 Å². The predicted molar refractivity (Wildman–Crippen MR) is 83.4 cm³/mol. The third-order valence-electron chi connectivity index (χ3n) is 3.97. The van der Waals surface area contributed by atoms with Crippen molar-refractivity contribution >= 4 is 22.9 Å². The molecule has 2 heterocycles. The molecule has 0 amide bonds. The first kappa shape index (κ1) is 13.4. The van der Waals surface area contributed by atoms with Crippen LogP contribution in [0.5, 0.6) is 11.5 Å². The van der Waals surface area contributed by atoms with Gasteiger partial charge in [0.25, 0.3) is 0 Å². The van der Waals surface area contributed by atoms with Crippen molar-refractivity contribution in [3.63, 3.8) is 0 Å². The van der Waals surface area contributed by atoms with E-state index in [9.17, 15) is 0 Å². The van der Waals surface area contributed by atoms with Crippen LogP contribution < -0.4 is 14.8 Å². The average molecular weight is 323 g/mol. The number of benzene rings is 1. The molecule has 1 aromatic carbocycles. The van der Waals surface area contributed by atoms with Gasteiger partial charge in [0.2, 0.25) is 6.79 Å². The van der Waals surface area contributed by atoms with Crippen LogP contribution in [0.25, 0.3) is 10.6 Å². The third kappa shape index (κ3) is 2.20. The highest BCUT2D eigenvalue weighted by Crippen LogP contribution is 2.44. The molecule has 6 heteroatoms. The molecule has 4 rings (SSSR count).